The zero-order valence-corrected chi connectivity index (χ0v) is 18.7. The highest BCUT2D eigenvalue weighted by molar-refractivity contribution is 7.09. The van der Waals surface area contributed by atoms with E-state index >= 15 is 0 Å². The Morgan fingerprint density at radius 2 is 1.97 bits per heavy atom. The van der Waals surface area contributed by atoms with E-state index < -0.39 is 0 Å². The van der Waals surface area contributed by atoms with E-state index in [-0.39, 0.29) is 5.91 Å². The van der Waals surface area contributed by atoms with Crippen LogP contribution in [-0.4, -0.2) is 52.0 Å². The first kappa shape index (κ1) is 21.4. The Morgan fingerprint density at radius 3 is 2.68 bits per heavy atom. The first-order chi connectivity index (χ1) is 15.1. The van der Waals surface area contributed by atoms with Crippen molar-refractivity contribution in [2.45, 2.75) is 33.1 Å². The van der Waals surface area contributed by atoms with Gasteiger partial charge in [0.1, 0.15) is 18.7 Å². The summed E-state index contributed by atoms with van der Waals surface area (Å²) in [6.45, 7) is 7.75. The van der Waals surface area contributed by atoms with E-state index in [1.165, 1.54) is 24.2 Å². The number of thiazole rings is 1. The summed E-state index contributed by atoms with van der Waals surface area (Å²) in [5, 5.41) is 2.99. The first-order valence-electron chi connectivity index (χ1n) is 10.5. The number of aromatic nitrogens is 3. The molecule has 1 aromatic carbocycles. The van der Waals surface area contributed by atoms with Crippen LogP contribution in [0.4, 0.5) is 5.69 Å². The Labute approximate surface area is 186 Å². The number of aryl methyl sites for hydroxylation is 2. The van der Waals surface area contributed by atoms with E-state index in [9.17, 15) is 4.79 Å². The van der Waals surface area contributed by atoms with Crippen LogP contribution in [0.5, 0.6) is 5.75 Å². The van der Waals surface area contributed by atoms with Crippen LogP contribution >= 0.6 is 11.3 Å². The standard InChI is InChI=1S/C23H27N5O2S/c1-16-23(17(2)26-14-25-16)20-11-18(27-22(29)12-19-13-24-15-31-19)5-6-21(20)30-10-9-28-7-3-4-8-28/h5-6,11,13-15H,3-4,7-10,12H2,1-2H3,(H,27,29). The normalized spacial score (nSPS) is 14.0. The second-order valence-corrected chi connectivity index (χ2v) is 8.69. The molecule has 3 heterocycles. The van der Waals surface area contributed by atoms with Crippen molar-refractivity contribution in [3.8, 4) is 16.9 Å². The minimum atomic E-state index is -0.0735. The minimum Gasteiger partial charge on any atom is -0.492 e. The van der Waals surface area contributed by atoms with Gasteiger partial charge in [0.15, 0.2) is 0 Å². The quantitative estimate of drug-likeness (QED) is 0.576. The predicted molar refractivity (Wildman–Crippen MR) is 123 cm³/mol. The summed E-state index contributed by atoms with van der Waals surface area (Å²) in [5.41, 5.74) is 6.05. The molecule has 1 aliphatic heterocycles. The van der Waals surface area contributed by atoms with Gasteiger partial charge in [-0.05, 0) is 58.0 Å². The molecule has 7 nitrogen and oxygen atoms in total. The monoisotopic (exact) mass is 437 g/mol. The van der Waals surface area contributed by atoms with Gasteiger partial charge < -0.3 is 10.1 Å². The second-order valence-electron chi connectivity index (χ2n) is 7.72. The highest BCUT2D eigenvalue weighted by Crippen LogP contribution is 2.35. The van der Waals surface area contributed by atoms with Gasteiger partial charge in [-0.15, -0.1) is 11.3 Å². The lowest BCUT2D eigenvalue weighted by Gasteiger charge is -2.18. The summed E-state index contributed by atoms with van der Waals surface area (Å²) in [7, 11) is 0. The van der Waals surface area contributed by atoms with E-state index in [1.54, 1.807) is 18.0 Å². The molecule has 0 aliphatic carbocycles. The number of carbonyl (C=O) groups excluding carboxylic acids is 1. The maximum atomic E-state index is 12.5. The van der Waals surface area contributed by atoms with Crippen LogP contribution in [0.3, 0.4) is 0 Å². The number of amides is 1. The van der Waals surface area contributed by atoms with E-state index in [4.69, 9.17) is 4.74 Å². The lowest BCUT2D eigenvalue weighted by atomic mass is 10.0. The molecule has 162 valence electrons. The maximum Gasteiger partial charge on any atom is 0.229 e. The number of likely N-dealkylation sites (tertiary alicyclic amines) is 1. The first-order valence-corrected chi connectivity index (χ1v) is 11.4. The van der Waals surface area contributed by atoms with Gasteiger partial charge in [0, 0.05) is 45.8 Å². The molecule has 0 spiro atoms. The van der Waals surface area contributed by atoms with Crippen LogP contribution in [0.1, 0.15) is 29.1 Å². The van der Waals surface area contributed by atoms with Gasteiger partial charge in [0.05, 0.1) is 11.9 Å². The van der Waals surface area contributed by atoms with Crippen LogP contribution in [0.15, 0.2) is 36.2 Å². The Balaban J connectivity index is 1.56. The van der Waals surface area contributed by atoms with Gasteiger partial charge in [-0.1, -0.05) is 0 Å². The molecule has 8 heteroatoms. The van der Waals surface area contributed by atoms with E-state index in [0.29, 0.717) is 13.0 Å². The molecule has 0 saturated carbocycles. The third-order valence-corrected chi connectivity index (χ3v) is 6.22. The van der Waals surface area contributed by atoms with Crippen LogP contribution < -0.4 is 10.1 Å². The van der Waals surface area contributed by atoms with E-state index in [1.807, 2.05) is 32.0 Å². The molecule has 1 amide bonds. The number of hydrogen-bond acceptors (Lipinski definition) is 7. The van der Waals surface area contributed by atoms with E-state index in [0.717, 1.165) is 58.5 Å². The molecule has 31 heavy (non-hydrogen) atoms. The minimum absolute atomic E-state index is 0.0735. The van der Waals surface area contributed by atoms with Crippen LogP contribution in [-0.2, 0) is 11.2 Å². The van der Waals surface area contributed by atoms with Gasteiger partial charge in [0.25, 0.3) is 0 Å². The molecular weight excluding hydrogens is 410 g/mol. The third-order valence-electron chi connectivity index (χ3n) is 5.44. The number of ether oxygens (including phenoxy) is 1. The molecule has 1 aliphatic rings. The lowest BCUT2D eigenvalue weighted by Crippen LogP contribution is -2.25. The van der Waals surface area contributed by atoms with Crippen molar-refractivity contribution in [1.82, 2.24) is 19.9 Å². The molecule has 2 aromatic heterocycles. The van der Waals surface area contributed by atoms with Gasteiger partial charge >= 0.3 is 0 Å². The smallest absolute Gasteiger partial charge is 0.229 e. The van der Waals surface area contributed by atoms with Crippen molar-refractivity contribution in [1.29, 1.82) is 0 Å². The Kier molecular flexibility index (Phi) is 6.89. The molecule has 0 bridgehead atoms. The SMILES string of the molecule is Cc1ncnc(C)c1-c1cc(NC(=O)Cc2cncs2)ccc1OCCN1CCCC1. The number of nitrogens with one attached hydrogen (secondary N) is 1. The fourth-order valence-corrected chi connectivity index (χ4v) is 4.49. The van der Waals surface area contributed by atoms with Gasteiger partial charge in [0.2, 0.25) is 5.91 Å². The summed E-state index contributed by atoms with van der Waals surface area (Å²) >= 11 is 1.48. The van der Waals surface area contributed by atoms with Crippen molar-refractivity contribution in [3.05, 3.63) is 52.5 Å². The highest BCUT2D eigenvalue weighted by atomic mass is 32.1. The number of benzene rings is 1. The number of rotatable bonds is 8. The third kappa shape index (κ3) is 5.45. The molecule has 0 atom stereocenters. The molecular formula is C23H27N5O2S. The topological polar surface area (TPSA) is 80.2 Å². The van der Waals surface area contributed by atoms with Gasteiger partial charge in [-0.25, -0.2) is 9.97 Å². The Hall–Kier alpha value is -2.84. The number of carbonyl (C=O) groups is 1. The largest absolute Gasteiger partial charge is 0.492 e. The Bertz CT molecular complexity index is 1010. The summed E-state index contributed by atoms with van der Waals surface area (Å²) in [4.78, 5) is 28.6. The van der Waals surface area contributed by atoms with Crippen molar-refractivity contribution >= 4 is 22.9 Å². The molecule has 1 fully saturated rings. The van der Waals surface area contributed by atoms with E-state index in [2.05, 4.69) is 25.2 Å². The lowest BCUT2D eigenvalue weighted by molar-refractivity contribution is -0.115. The second kappa shape index (κ2) is 9.98. The van der Waals surface area contributed by atoms with Crippen LogP contribution in [0.2, 0.25) is 0 Å². The number of hydrogen-bond donors (Lipinski definition) is 1. The zero-order valence-electron chi connectivity index (χ0n) is 17.9. The van der Waals surface area contributed by atoms with Gasteiger partial charge in [-0.3, -0.25) is 14.7 Å². The number of nitrogens with zero attached hydrogens (tertiary/aromatic N) is 4. The molecule has 0 unspecified atom stereocenters. The zero-order chi connectivity index (χ0) is 21.6. The summed E-state index contributed by atoms with van der Waals surface area (Å²) in [5.74, 6) is 0.705. The van der Waals surface area contributed by atoms with Crippen molar-refractivity contribution < 1.29 is 9.53 Å². The molecule has 1 saturated heterocycles. The summed E-state index contributed by atoms with van der Waals surface area (Å²) in [6, 6.07) is 5.76. The predicted octanol–water partition coefficient (Wildman–Crippen LogP) is 3.87. The fraction of sp³-hybridized carbons (Fsp3) is 0.391. The molecule has 0 radical (unpaired) electrons. The average Bonchev–Trinajstić information content (AvgIpc) is 3.43. The maximum absolute atomic E-state index is 12.5. The highest BCUT2D eigenvalue weighted by Gasteiger charge is 2.17. The molecule has 1 N–H and O–H groups in total. The summed E-state index contributed by atoms with van der Waals surface area (Å²) < 4.78 is 6.19. The summed E-state index contributed by atoms with van der Waals surface area (Å²) in [6.07, 6.45) is 6.13. The fourth-order valence-electron chi connectivity index (χ4n) is 3.90. The van der Waals surface area contributed by atoms with Crippen LogP contribution in [0, 0.1) is 13.8 Å². The van der Waals surface area contributed by atoms with Crippen molar-refractivity contribution in [3.63, 3.8) is 0 Å². The van der Waals surface area contributed by atoms with Crippen molar-refractivity contribution in [2.75, 3.05) is 31.6 Å². The Morgan fingerprint density at radius 1 is 1.19 bits per heavy atom. The average molecular weight is 438 g/mol. The number of anilines is 1. The van der Waals surface area contributed by atoms with Crippen LogP contribution in [0.25, 0.3) is 11.1 Å². The molecule has 4 rings (SSSR count). The van der Waals surface area contributed by atoms with Crippen molar-refractivity contribution in [2.24, 2.45) is 0 Å². The molecule has 3 aromatic rings. The van der Waals surface area contributed by atoms with Gasteiger partial charge in [-0.2, -0.15) is 0 Å².